The topological polar surface area (TPSA) is 151 Å². The van der Waals surface area contributed by atoms with E-state index in [2.05, 4.69) is 0 Å². The predicted octanol–water partition coefficient (Wildman–Crippen LogP) is 20.9. The molecule has 0 spiro atoms. The van der Waals surface area contributed by atoms with Gasteiger partial charge in [0.05, 0.1) is 0 Å². The van der Waals surface area contributed by atoms with Gasteiger partial charge in [0.1, 0.15) is 81.5 Å². The Bertz CT molecular complexity index is 4110. The van der Waals surface area contributed by atoms with Gasteiger partial charge in [-0.3, -0.25) is 0 Å². The van der Waals surface area contributed by atoms with Gasteiger partial charge in [-0.15, -0.1) is 0 Å². The first kappa shape index (κ1) is 72.3. The molecule has 14 rings (SSSR count). The summed E-state index contributed by atoms with van der Waals surface area (Å²) in [6.07, 6.45) is -12.9. The average molecular weight is 1470 g/mol. The Hall–Kier alpha value is -13.6. The van der Waals surface area contributed by atoms with Crippen molar-refractivity contribution in [3.8, 4) is 80.5 Å². The number of rotatable bonds is 36. The molecule has 0 saturated heterocycles. The number of para-hydroxylation sites is 14. The van der Waals surface area contributed by atoms with Crippen molar-refractivity contribution in [2.24, 2.45) is 4.91 Å². The highest BCUT2D eigenvalue weighted by Crippen LogP contribution is 2.70. The van der Waals surface area contributed by atoms with Crippen molar-refractivity contribution in [1.29, 1.82) is 0 Å². The molecule has 19 heteroatoms. The zero-order chi connectivity index (χ0) is 74.1. The molecule has 0 heterocycles. The standard InChI is InChI=1S/C90H75N4O14P/c1-92(72-95-73-44-16-2-17-45-73)109(91-108-86-70-42-15-43-71-86,93(87(96-74-46-18-3-19-47-74,97-75-48-20-4-21-49-75)98-76-50-22-5-23-51-76)88(99-77-52-24-6-25-53-77,100-78-54-26-7-27-55-78)101-79-56-28-8-29-57-79)94(89(102-80-58-30-9-31-59-80,103-81-60-32-10-33-61-81)104-82-62-34-11-35-63-82)90(105-83-64-36-12-37-65-83,106-84-66-38-13-39-67-84)107-85-68-40-14-41-69-85/h2-71H,72H2,1H3. The lowest BCUT2D eigenvalue weighted by atomic mass is 10.3. The van der Waals surface area contributed by atoms with Crippen molar-refractivity contribution in [3.05, 3.63) is 425 Å². The van der Waals surface area contributed by atoms with Crippen LogP contribution in [0.15, 0.2) is 430 Å². The quantitative estimate of drug-likeness (QED) is 0.0208. The van der Waals surface area contributed by atoms with E-state index in [1.54, 1.807) is 339 Å². The lowest BCUT2D eigenvalue weighted by Gasteiger charge is -2.57. The Morgan fingerprint density at radius 1 is 0.202 bits per heavy atom. The fraction of sp³-hybridized carbons (Fsp3) is 0.0667. The summed E-state index contributed by atoms with van der Waals surface area (Å²) in [4.78, 5) is 13.6. The number of hydrogen-bond donors (Lipinski definition) is 0. The molecule has 0 bridgehead atoms. The molecule has 14 aromatic rings. The van der Waals surface area contributed by atoms with Crippen LogP contribution in [-0.2, 0) is 0 Å². The van der Waals surface area contributed by atoms with Crippen LogP contribution in [0.5, 0.6) is 80.5 Å². The molecule has 0 saturated carbocycles. The predicted molar refractivity (Wildman–Crippen MR) is 416 cm³/mol. The van der Waals surface area contributed by atoms with Crippen LogP contribution in [0.25, 0.3) is 0 Å². The van der Waals surface area contributed by atoms with Crippen LogP contribution in [0, 0.1) is 0 Å². The molecule has 544 valence electrons. The van der Waals surface area contributed by atoms with Gasteiger partial charge >= 0.3 is 24.4 Å². The minimum atomic E-state index is -5.96. The molecule has 0 amide bonds. The summed E-state index contributed by atoms with van der Waals surface area (Å²) >= 11 is 0. The van der Waals surface area contributed by atoms with Crippen LogP contribution in [0.3, 0.4) is 0 Å². The summed E-state index contributed by atoms with van der Waals surface area (Å²) in [6.45, 7) is -0.585. The Balaban J connectivity index is 1.32. The molecule has 0 radical (unpaired) electrons. The maximum atomic E-state index is 8.06. The van der Waals surface area contributed by atoms with Gasteiger partial charge < -0.3 is 66.4 Å². The molecule has 0 aliphatic heterocycles. The van der Waals surface area contributed by atoms with Gasteiger partial charge in [0.15, 0.2) is 5.75 Å². The van der Waals surface area contributed by atoms with Crippen molar-refractivity contribution in [2.75, 3.05) is 13.8 Å². The number of nitrogens with zero attached hydrogens (tertiary/aromatic N) is 4. The lowest BCUT2D eigenvalue weighted by Crippen LogP contribution is -2.80. The Morgan fingerprint density at radius 2 is 0.339 bits per heavy atom. The van der Waals surface area contributed by atoms with E-state index in [9.17, 15) is 0 Å². The van der Waals surface area contributed by atoms with Crippen molar-refractivity contribution < 1.29 is 66.4 Å². The van der Waals surface area contributed by atoms with E-state index in [1.165, 1.54) is 9.34 Å². The zero-order valence-corrected chi connectivity index (χ0v) is 60.0. The monoisotopic (exact) mass is 1470 g/mol. The summed E-state index contributed by atoms with van der Waals surface area (Å²) in [6, 6.07) is 125. The average Bonchev–Trinajstić information content (AvgIpc) is 0.680. The van der Waals surface area contributed by atoms with Gasteiger partial charge in [-0.25, -0.2) is 4.67 Å². The number of ether oxygens (including phenoxy) is 13. The van der Waals surface area contributed by atoms with Gasteiger partial charge in [0.25, 0.3) is 7.51 Å². The maximum absolute atomic E-state index is 8.06. The molecule has 14 aromatic carbocycles. The second-order valence-electron chi connectivity index (χ2n) is 24.0. The van der Waals surface area contributed by atoms with Crippen LogP contribution in [0.2, 0.25) is 0 Å². The third-order valence-electron chi connectivity index (χ3n) is 16.1. The second kappa shape index (κ2) is 35.0. The zero-order valence-electron chi connectivity index (χ0n) is 59.1. The summed E-state index contributed by atoms with van der Waals surface area (Å²) < 4.78 is 108. The normalized spacial score (nSPS) is 11.6. The third-order valence-corrected chi connectivity index (χ3v) is 19.5. The van der Waals surface area contributed by atoms with Gasteiger partial charge in [-0.2, -0.15) is 0 Å². The SMILES string of the molecule is CN(COc1ccccc1)P(=NOc1ccccc1)(N(C(Oc1ccccc1)(Oc1ccccc1)Oc1ccccc1)C(Oc1ccccc1)(Oc1ccccc1)Oc1ccccc1)N(C(Oc1ccccc1)(Oc1ccccc1)Oc1ccccc1)C(Oc1ccccc1)(Oc1ccccc1)Oc1ccccc1. The van der Waals surface area contributed by atoms with Crippen LogP contribution in [0.1, 0.15) is 0 Å². The van der Waals surface area contributed by atoms with E-state index in [0.29, 0.717) is 5.75 Å². The van der Waals surface area contributed by atoms with Crippen LogP contribution in [0.4, 0.5) is 0 Å². The summed E-state index contributed by atoms with van der Waals surface area (Å²) in [5.41, 5.74) is 0. The van der Waals surface area contributed by atoms with Crippen molar-refractivity contribution in [2.45, 2.75) is 24.4 Å². The second-order valence-corrected chi connectivity index (χ2v) is 26.7. The highest BCUT2D eigenvalue weighted by Gasteiger charge is 2.81. The highest BCUT2D eigenvalue weighted by molar-refractivity contribution is 7.59. The van der Waals surface area contributed by atoms with E-state index in [0.717, 1.165) is 0 Å². The number of hydrogen-bond acceptors (Lipinski definition) is 15. The van der Waals surface area contributed by atoms with Crippen molar-refractivity contribution in [3.63, 3.8) is 0 Å². The first-order valence-electron chi connectivity index (χ1n) is 35.0. The van der Waals surface area contributed by atoms with Gasteiger partial charge in [0, 0.05) is 0 Å². The van der Waals surface area contributed by atoms with Gasteiger partial charge in [-0.1, -0.05) is 260 Å². The first-order valence-corrected chi connectivity index (χ1v) is 36.6. The van der Waals surface area contributed by atoms with Gasteiger partial charge in [0.2, 0.25) is 0 Å². The Morgan fingerprint density at radius 3 is 0.495 bits per heavy atom. The number of benzene rings is 14. The fourth-order valence-corrected chi connectivity index (χ4v) is 14.6. The van der Waals surface area contributed by atoms with Gasteiger partial charge in [-0.05, 0) is 186 Å². The molecule has 0 fully saturated rings. The largest absolute Gasteiger partial charge is 0.511 e. The molecule has 109 heavy (non-hydrogen) atoms. The molecular formula is C90H75N4O14P. The maximum Gasteiger partial charge on any atom is 0.511 e. The summed E-state index contributed by atoms with van der Waals surface area (Å²) in [5.74, 6) is 1.73. The van der Waals surface area contributed by atoms with Crippen LogP contribution in [-0.4, -0.2) is 52.2 Å². The van der Waals surface area contributed by atoms with Crippen LogP contribution < -0.4 is 66.4 Å². The first-order chi connectivity index (χ1) is 53.7. The van der Waals surface area contributed by atoms with E-state index in [1.807, 2.05) is 97.1 Å². The molecule has 0 atom stereocenters. The fourth-order valence-electron chi connectivity index (χ4n) is 11.3. The van der Waals surface area contributed by atoms with Crippen molar-refractivity contribution in [1.82, 2.24) is 14.0 Å². The summed E-state index contributed by atoms with van der Waals surface area (Å²) in [5, 5.41) is 0. The molecule has 0 unspecified atom stereocenters. The minimum Gasteiger partial charge on any atom is -0.478 e. The molecular weight excluding hydrogens is 1390 g/mol. The summed E-state index contributed by atoms with van der Waals surface area (Å²) in [7, 11) is -4.27. The van der Waals surface area contributed by atoms with Crippen molar-refractivity contribution >= 4 is 7.51 Å². The third kappa shape index (κ3) is 18.0. The Labute approximate surface area is 632 Å². The molecule has 0 aliphatic rings. The highest BCUT2D eigenvalue weighted by atomic mass is 31.2. The lowest BCUT2D eigenvalue weighted by molar-refractivity contribution is -0.448. The van der Waals surface area contributed by atoms with E-state index >= 15 is 0 Å². The molecule has 18 nitrogen and oxygen atoms in total. The molecule has 0 N–H and O–H groups in total. The van der Waals surface area contributed by atoms with E-state index in [4.69, 9.17) is 71.3 Å². The van der Waals surface area contributed by atoms with E-state index < -0.39 is 38.6 Å². The minimum absolute atomic E-state index is 0.102. The van der Waals surface area contributed by atoms with E-state index in [-0.39, 0.29) is 74.7 Å². The molecule has 0 aromatic heterocycles. The smallest absolute Gasteiger partial charge is 0.478 e. The Kier molecular flexibility index (Phi) is 23.2. The molecule has 0 aliphatic carbocycles. The van der Waals surface area contributed by atoms with Crippen LogP contribution >= 0.6 is 7.51 Å².